The third-order valence-electron chi connectivity index (χ3n) is 25.0. The van der Waals surface area contributed by atoms with E-state index in [-0.39, 0.29) is 0 Å². The maximum atomic E-state index is 2.67. The van der Waals surface area contributed by atoms with Gasteiger partial charge in [0.15, 0.2) is 0 Å². The van der Waals surface area contributed by atoms with Crippen molar-refractivity contribution < 1.29 is 0 Å². The summed E-state index contributed by atoms with van der Waals surface area (Å²) in [6.45, 7) is 0. The van der Waals surface area contributed by atoms with Crippen molar-refractivity contribution in [2.24, 2.45) is 0 Å². The Hall–Kier alpha value is -13.3. The Morgan fingerprint density at radius 3 is 1.25 bits per heavy atom. The zero-order valence-corrected chi connectivity index (χ0v) is 55.0. The molecule has 4 heteroatoms. The smallest absolute Gasteiger partial charge is 0.0734 e. The first kappa shape index (κ1) is 52.8. The van der Waals surface area contributed by atoms with Crippen LogP contribution >= 0.6 is 0 Å². The number of rotatable bonds is 5. The topological polar surface area (TPSA) is 17.6 Å². The summed E-state index contributed by atoms with van der Waals surface area (Å²) in [4.78, 5) is 0. The van der Waals surface area contributed by atoms with Gasteiger partial charge in [-0.05, 0) is 121 Å². The highest BCUT2D eigenvalue weighted by Crippen LogP contribution is 2.62. The molecule has 0 aliphatic heterocycles. The van der Waals surface area contributed by atoms with E-state index in [1.54, 1.807) is 0 Å². The number of fused-ring (bicyclic) bond motifs is 33. The molecule has 2 aliphatic rings. The number of para-hydroxylation sites is 4. The van der Waals surface area contributed by atoms with Gasteiger partial charge in [-0.3, -0.25) is 0 Å². The molecular formula is C98H54N4. The van der Waals surface area contributed by atoms with Gasteiger partial charge < -0.3 is 17.6 Å². The Labute approximate surface area is 582 Å². The van der Waals surface area contributed by atoms with Gasteiger partial charge in [0.1, 0.15) is 0 Å². The zero-order valence-electron chi connectivity index (χ0n) is 55.0. The summed E-state index contributed by atoms with van der Waals surface area (Å²) in [5, 5.41) is 20.5. The predicted molar refractivity (Wildman–Crippen MR) is 425 cm³/mol. The van der Waals surface area contributed by atoms with Crippen LogP contribution in [-0.2, 0) is 10.8 Å². The van der Waals surface area contributed by atoms with E-state index in [2.05, 4.69) is 345 Å². The lowest BCUT2D eigenvalue weighted by molar-refractivity contribution is 0.769. The second-order valence-corrected chi connectivity index (χ2v) is 29.1. The lowest BCUT2D eigenvalue weighted by Gasteiger charge is -2.34. The van der Waals surface area contributed by atoms with Gasteiger partial charge in [0.05, 0.1) is 77.0 Å². The van der Waals surface area contributed by atoms with Gasteiger partial charge in [0, 0.05) is 91.7 Å². The fourth-order valence-corrected chi connectivity index (χ4v) is 21.4. The molecule has 0 spiro atoms. The lowest BCUT2D eigenvalue weighted by Crippen LogP contribution is -2.29. The molecule has 466 valence electrons. The van der Waals surface area contributed by atoms with Crippen molar-refractivity contribution in [3.8, 4) is 33.4 Å². The fraction of sp³-hybridized carbons (Fsp3) is 0.0204. The molecule has 0 saturated carbocycles. The van der Waals surface area contributed by atoms with Crippen LogP contribution in [0, 0.1) is 0 Å². The SMILES string of the molecule is c1ccc(C2(c3ccccc3)c3ccccc3-c3cc4c(cc32)c2c3c5cccc6c7ccccc7n(c3cc3c7ccc(-c8cccc9c8c8cccc%10c%11c%12c%13ccc%14c(c%13n%13c%15ccccc%15c(cc%11n9c8%10)c%12%13)C(c8ccccc8)(c8ccccc8)c8ccccc8-%14)cc7n4c32)c65)cc1. The van der Waals surface area contributed by atoms with Crippen LogP contribution in [-0.4, -0.2) is 17.6 Å². The van der Waals surface area contributed by atoms with E-state index in [0.717, 1.165) is 0 Å². The molecule has 0 radical (unpaired) electrons. The summed E-state index contributed by atoms with van der Waals surface area (Å²) in [5.74, 6) is 0. The Morgan fingerprint density at radius 2 is 0.598 bits per heavy atom. The van der Waals surface area contributed by atoms with Crippen LogP contribution in [0.15, 0.2) is 328 Å². The number of benzene rings is 16. The molecule has 0 atom stereocenters. The molecule has 0 unspecified atom stereocenters. The molecule has 0 fully saturated rings. The Morgan fingerprint density at radius 1 is 0.176 bits per heavy atom. The summed E-state index contributed by atoms with van der Waals surface area (Å²) in [5.41, 5.74) is 31.8. The van der Waals surface area contributed by atoms with Crippen LogP contribution < -0.4 is 0 Å². The Balaban J connectivity index is 0.766. The first-order chi connectivity index (χ1) is 50.7. The maximum Gasteiger partial charge on any atom is 0.0734 e. The number of aromatic nitrogens is 4. The molecule has 0 N–H and O–H groups in total. The number of nitrogens with zero attached hydrogens (tertiary/aromatic N) is 4. The van der Waals surface area contributed by atoms with Gasteiger partial charge in [-0.25, -0.2) is 0 Å². The molecule has 0 amide bonds. The minimum absolute atomic E-state index is 0.562. The van der Waals surface area contributed by atoms with E-state index < -0.39 is 10.8 Å². The minimum atomic E-state index is -0.594. The first-order valence-corrected chi connectivity index (χ1v) is 35.8. The molecule has 16 aromatic carbocycles. The maximum absolute atomic E-state index is 2.67. The number of hydrogen-bond donors (Lipinski definition) is 0. The van der Waals surface area contributed by atoms with Crippen LogP contribution in [0.5, 0.6) is 0 Å². The highest BCUT2D eigenvalue weighted by atomic mass is 15.0. The van der Waals surface area contributed by atoms with Crippen molar-refractivity contribution in [3.63, 3.8) is 0 Å². The Bertz CT molecular complexity index is 7760. The summed E-state index contributed by atoms with van der Waals surface area (Å²) >= 11 is 0. The van der Waals surface area contributed by atoms with Gasteiger partial charge >= 0.3 is 0 Å². The van der Waals surface area contributed by atoms with Gasteiger partial charge in [0.25, 0.3) is 0 Å². The number of hydrogen-bond acceptors (Lipinski definition) is 0. The predicted octanol–water partition coefficient (Wildman–Crippen LogP) is 24.7. The summed E-state index contributed by atoms with van der Waals surface area (Å²) in [7, 11) is 0. The highest BCUT2D eigenvalue weighted by molar-refractivity contribution is 6.41. The second kappa shape index (κ2) is 18.1. The van der Waals surface area contributed by atoms with Crippen molar-refractivity contribution >= 4 is 152 Å². The van der Waals surface area contributed by atoms with Crippen LogP contribution in [0.2, 0.25) is 0 Å². The van der Waals surface area contributed by atoms with E-state index in [4.69, 9.17) is 0 Å². The molecule has 102 heavy (non-hydrogen) atoms. The van der Waals surface area contributed by atoms with Crippen LogP contribution in [0.3, 0.4) is 0 Å². The molecule has 0 bridgehead atoms. The van der Waals surface area contributed by atoms with Gasteiger partial charge in [-0.15, -0.1) is 0 Å². The zero-order chi connectivity index (χ0) is 65.7. The molecule has 2 aliphatic carbocycles. The van der Waals surface area contributed by atoms with Crippen LogP contribution in [0.25, 0.3) is 186 Å². The van der Waals surface area contributed by atoms with Crippen molar-refractivity contribution in [1.82, 2.24) is 17.6 Å². The highest BCUT2D eigenvalue weighted by Gasteiger charge is 2.50. The van der Waals surface area contributed by atoms with Crippen molar-refractivity contribution in [2.75, 3.05) is 0 Å². The third-order valence-corrected chi connectivity index (χ3v) is 25.0. The summed E-state index contributed by atoms with van der Waals surface area (Å²) < 4.78 is 10.6. The van der Waals surface area contributed by atoms with Crippen molar-refractivity contribution in [2.45, 2.75) is 10.8 Å². The van der Waals surface area contributed by atoms with Crippen LogP contribution in [0.4, 0.5) is 0 Å². The Kier molecular flexibility index (Phi) is 9.39. The average molecular weight is 1290 g/mol. The molecule has 0 saturated heterocycles. The third kappa shape index (κ3) is 5.83. The van der Waals surface area contributed by atoms with Gasteiger partial charge in [-0.2, -0.15) is 0 Å². The summed E-state index contributed by atoms with van der Waals surface area (Å²) in [6.07, 6.45) is 0. The normalized spacial score (nSPS) is 14.2. The van der Waals surface area contributed by atoms with E-state index in [1.807, 2.05) is 0 Å². The monoisotopic (exact) mass is 1290 g/mol. The van der Waals surface area contributed by atoms with E-state index in [9.17, 15) is 0 Å². The average Bonchev–Trinajstić information content (AvgIpc) is 1.48. The standard InChI is InChI=1S/C98H54N4/c1-5-24-56(25-6-1)97(57-26-7-2-8-27-57)76-41-17-14-33-62(76)72-52-83-75(51-78(72)97)90-88-69-39-21-37-67-63-34-15-19-43-79(63)99(92(67)69)84(88)54-74-65-47-46-55(50-82(65)101(83)94(74)90)60-36-23-45-81-86(60)68-38-22-40-70-87-85(100(81)93(68)70)53-73-64-35-16-20-44-80(64)102-95(73)89(87)71-49-48-66-61-32-13-18-42-77(61)98(91(66)96(71)102,58-28-9-3-10-29-58)59-30-11-4-12-31-59/h1-54H. The molecular weight excluding hydrogens is 1230 g/mol. The molecule has 4 nitrogen and oxygen atoms in total. The van der Waals surface area contributed by atoms with Gasteiger partial charge in [0.2, 0.25) is 0 Å². The van der Waals surface area contributed by atoms with Gasteiger partial charge in [-0.1, -0.05) is 279 Å². The van der Waals surface area contributed by atoms with Crippen molar-refractivity contribution in [3.05, 3.63) is 372 Å². The molecule has 8 heterocycles. The minimum Gasteiger partial charge on any atom is -0.308 e. The first-order valence-electron chi connectivity index (χ1n) is 35.8. The molecule has 24 aromatic rings. The molecule has 8 aromatic heterocycles. The van der Waals surface area contributed by atoms with E-state index in [0.29, 0.717) is 0 Å². The van der Waals surface area contributed by atoms with Crippen LogP contribution in [0.1, 0.15) is 44.5 Å². The summed E-state index contributed by atoms with van der Waals surface area (Å²) in [6, 6.07) is 126. The van der Waals surface area contributed by atoms with E-state index >= 15 is 0 Å². The molecule has 26 rings (SSSR count). The van der Waals surface area contributed by atoms with E-state index in [1.165, 1.54) is 230 Å². The second-order valence-electron chi connectivity index (χ2n) is 29.1. The fourth-order valence-electron chi connectivity index (χ4n) is 21.4. The quantitative estimate of drug-likeness (QED) is 0.163. The lowest BCUT2D eigenvalue weighted by atomic mass is 9.67. The largest absolute Gasteiger partial charge is 0.308 e. The van der Waals surface area contributed by atoms with Crippen molar-refractivity contribution in [1.29, 1.82) is 0 Å².